The highest BCUT2D eigenvalue weighted by atomic mass is 35.5. The number of halogens is 4. The zero-order valence-corrected chi connectivity index (χ0v) is 9.53. The van der Waals surface area contributed by atoms with Gasteiger partial charge in [0, 0.05) is 6.20 Å². The monoisotopic (exact) mass is 274 g/mol. The van der Waals surface area contributed by atoms with Crippen LogP contribution in [0, 0.1) is 0 Å². The Bertz CT molecular complexity index is 560. The maximum atomic E-state index is 12.2. The van der Waals surface area contributed by atoms with E-state index in [0.29, 0.717) is 0 Å². The summed E-state index contributed by atoms with van der Waals surface area (Å²) in [6, 6.07) is 7.02. The van der Waals surface area contributed by atoms with Crippen molar-refractivity contribution in [3.8, 4) is 17.1 Å². The molecule has 0 saturated heterocycles. The van der Waals surface area contributed by atoms with Gasteiger partial charge in [0.05, 0.1) is 5.56 Å². The summed E-state index contributed by atoms with van der Waals surface area (Å²) in [5, 5.41) is 0.141. The van der Waals surface area contributed by atoms with Crippen LogP contribution in [0.25, 0.3) is 11.4 Å². The SMILES string of the molecule is FC(F)(F)Oc1ccccc1-c1nccc(Cl)n1. The van der Waals surface area contributed by atoms with Crippen LogP contribution in [0.2, 0.25) is 5.15 Å². The molecule has 2 rings (SSSR count). The normalized spacial score (nSPS) is 11.3. The Labute approximate surface area is 105 Å². The summed E-state index contributed by atoms with van der Waals surface area (Å²) in [5.41, 5.74) is 0.123. The molecule has 0 spiro atoms. The molecule has 0 aliphatic carbocycles. The topological polar surface area (TPSA) is 35.0 Å². The molecule has 1 aromatic heterocycles. The molecule has 2 aromatic rings. The lowest BCUT2D eigenvalue weighted by molar-refractivity contribution is -0.274. The first-order chi connectivity index (χ1) is 8.46. The molecular weight excluding hydrogens is 269 g/mol. The van der Waals surface area contributed by atoms with Gasteiger partial charge in [-0.05, 0) is 18.2 Å². The molecule has 0 bridgehead atoms. The average Bonchev–Trinajstić information content (AvgIpc) is 2.27. The molecule has 94 valence electrons. The van der Waals surface area contributed by atoms with Gasteiger partial charge in [-0.15, -0.1) is 13.2 Å². The van der Waals surface area contributed by atoms with Gasteiger partial charge in [-0.3, -0.25) is 0 Å². The van der Waals surface area contributed by atoms with E-state index in [0.717, 1.165) is 0 Å². The molecule has 7 heteroatoms. The standard InChI is InChI=1S/C11H6ClF3N2O/c12-9-5-6-16-10(17-9)7-3-1-2-4-8(7)18-11(13,14)15/h1-6H. The van der Waals surface area contributed by atoms with Gasteiger partial charge in [0.2, 0.25) is 0 Å². The minimum atomic E-state index is -4.77. The van der Waals surface area contributed by atoms with E-state index in [1.807, 2.05) is 0 Å². The second-order valence-electron chi connectivity index (χ2n) is 3.25. The molecule has 0 unspecified atom stereocenters. The molecule has 18 heavy (non-hydrogen) atoms. The quantitative estimate of drug-likeness (QED) is 0.783. The molecule has 0 radical (unpaired) electrons. The molecule has 3 nitrogen and oxygen atoms in total. The van der Waals surface area contributed by atoms with E-state index in [1.54, 1.807) is 6.07 Å². The first-order valence-corrected chi connectivity index (χ1v) is 5.17. The van der Waals surface area contributed by atoms with E-state index in [2.05, 4.69) is 14.7 Å². The number of para-hydroxylation sites is 1. The Balaban J connectivity index is 2.45. The van der Waals surface area contributed by atoms with Crippen molar-refractivity contribution >= 4 is 11.6 Å². The van der Waals surface area contributed by atoms with E-state index in [4.69, 9.17) is 11.6 Å². The van der Waals surface area contributed by atoms with Crippen LogP contribution in [0.1, 0.15) is 0 Å². The number of hydrogen-bond donors (Lipinski definition) is 0. The van der Waals surface area contributed by atoms with Crippen molar-refractivity contribution in [1.29, 1.82) is 0 Å². The third kappa shape index (κ3) is 3.10. The highest BCUT2D eigenvalue weighted by Crippen LogP contribution is 2.31. The van der Waals surface area contributed by atoms with Gasteiger partial charge in [-0.1, -0.05) is 23.7 Å². The van der Waals surface area contributed by atoms with E-state index < -0.39 is 6.36 Å². The van der Waals surface area contributed by atoms with E-state index in [-0.39, 0.29) is 22.3 Å². The molecule has 0 aliphatic rings. The van der Waals surface area contributed by atoms with Crippen molar-refractivity contribution in [3.63, 3.8) is 0 Å². The third-order valence-corrected chi connectivity index (χ3v) is 2.19. The van der Waals surface area contributed by atoms with Crippen LogP contribution < -0.4 is 4.74 Å². The van der Waals surface area contributed by atoms with Crippen molar-refractivity contribution in [1.82, 2.24) is 9.97 Å². The molecule has 0 N–H and O–H groups in total. The summed E-state index contributed by atoms with van der Waals surface area (Å²) in [4.78, 5) is 7.70. The second-order valence-corrected chi connectivity index (χ2v) is 3.63. The highest BCUT2D eigenvalue weighted by molar-refractivity contribution is 6.29. The number of aromatic nitrogens is 2. The first kappa shape index (κ1) is 12.6. The van der Waals surface area contributed by atoms with Crippen molar-refractivity contribution in [3.05, 3.63) is 41.7 Å². The lowest BCUT2D eigenvalue weighted by Crippen LogP contribution is -2.17. The summed E-state index contributed by atoms with van der Waals surface area (Å²) in [6.07, 6.45) is -3.41. The maximum Gasteiger partial charge on any atom is 0.573 e. The van der Waals surface area contributed by atoms with Gasteiger partial charge in [-0.2, -0.15) is 0 Å². The molecule has 0 fully saturated rings. The average molecular weight is 275 g/mol. The number of benzene rings is 1. The molecule has 1 heterocycles. The Morgan fingerprint density at radius 3 is 2.50 bits per heavy atom. The number of rotatable bonds is 2. The minimum Gasteiger partial charge on any atom is -0.405 e. The molecule has 0 saturated carbocycles. The predicted octanol–water partition coefficient (Wildman–Crippen LogP) is 3.70. The van der Waals surface area contributed by atoms with Crippen molar-refractivity contribution in [2.24, 2.45) is 0 Å². The Kier molecular flexibility index (Phi) is 3.38. The van der Waals surface area contributed by atoms with Gasteiger partial charge in [0.15, 0.2) is 5.82 Å². The summed E-state index contributed by atoms with van der Waals surface area (Å²) >= 11 is 5.67. The molecule has 0 aliphatic heterocycles. The summed E-state index contributed by atoms with van der Waals surface area (Å²) < 4.78 is 40.6. The van der Waals surface area contributed by atoms with Gasteiger partial charge < -0.3 is 4.74 Å². The fraction of sp³-hybridized carbons (Fsp3) is 0.0909. The van der Waals surface area contributed by atoms with Gasteiger partial charge in [0.1, 0.15) is 10.9 Å². The smallest absolute Gasteiger partial charge is 0.405 e. The lowest BCUT2D eigenvalue weighted by Gasteiger charge is -2.12. The number of hydrogen-bond acceptors (Lipinski definition) is 3. The van der Waals surface area contributed by atoms with E-state index in [9.17, 15) is 13.2 Å². The Morgan fingerprint density at radius 1 is 1.11 bits per heavy atom. The van der Waals surface area contributed by atoms with Crippen LogP contribution in [-0.2, 0) is 0 Å². The van der Waals surface area contributed by atoms with E-state index in [1.165, 1.54) is 30.5 Å². The van der Waals surface area contributed by atoms with Crippen LogP contribution >= 0.6 is 11.6 Å². The summed E-state index contributed by atoms with van der Waals surface area (Å²) in [6.45, 7) is 0. The number of alkyl halides is 3. The van der Waals surface area contributed by atoms with Gasteiger partial charge in [-0.25, -0.2) is 9.97 Å². The maximum absolute atomic E-state index is 12.2. The number of nitrogens with zero attached hydrogens (tertiary/aromatic N) is 2. The summed E-state index contributed by atoms with van der Waals surface area (Å²) in [7, 11) is 0. The minimum absolute atomic E-state index is 0.0716. The van der Waals surface area contributed by atoms with Crippen LogP contribution in [0.15, 0.2) is 36.5 Å². The predicted molar refractivity (Wildman–Crippen MR) is 59.2 cm³/mol. The van der Waals surface area contributed by atoms with Crippen molar-refractivity contribution in [2.75, 3.05) is 0 Å². The van der Waals surface area contributed by atoms with E-state index >= 15 is 0 Å². The van der Waals surface area contributed by atoms with Crippen LogP contribution in [0.4, 0.5) is 13.2 Å². The molecule has 0 amide bonds. The zero-order chi connectivity index (χ0) is 13.2. The molecule has 0 atom stereocenters. The van der Waals surface area contributed by atoms with Crippen LogP contribution in [-0.4, -0.2) is 16.3 Å². The van der Waals surface area contributed by atoms with Crippen LogP contribution in [0.3, 0.4) is 0 Å². The Morgan fingerprint density at radius 2 is 1.83 bits per heavy atom. The second kappa shape index (κ2) is 4.81. The Hall–Kier alpha value is -1.82. The molecular formula is C11H6ClF3N2O. The van der Waals surface area contributed by atoms with Crippen molar-refractivity contribution in [2.45, 2.75) is 6.36 Å². The third-order valence-electron chi connectivity index (χ3n) is 1.98. The largest absolute Gasteiger partial charge is 0.573 e. The molecule has 1 aromatic carbocycles. The summed E-state index contributed by atoms with van der Waals surface area (Å²) in [5.74, 6) is -0.297. The van der Waals surface area contributed by atoms with Gasteiger partial charge >= 0.3 is 6.36 Å². The zero-order valence-electron chi connectivity index (χ0n) is 8.78. The van der Waals surface area contributed by atoms with Gasteiger partial charge in [0.25, 0.3) is 0 Å². The fourth-order valence-electron chi connectivity index (χ4n) is 1.33. The lowest BCUT2D eigenvalue weighted by atomic mass is 10.2. The van der Waals surface area contributed by atoms with Crippen LogP contribution in [0.5, 0.6) is 5.75 Å². The fourth-order valence-corrected chi connectivity index (χ4v) is 1.47. The first-order valence-electron chi connectivity index (χ1n) is 4.79. The highest BCUT2D eigenvalue weighted by Gasteiger charge is 2.32. The number of ether oxygens (including phenoxy) is 1. The van der Waals surface area contributed by atoms with Crippen molar-refractivity contribution < 1.29 is 17.9 Å².